The highest BCUT2D eigenvalue weighted by Crippen LogP contribution is 2.30. The third-order valence-corrected chi connectivity index (χ3v) is 3.74. The second-order valence-corrected chi connectivity index (χ2v) is 5.59. The summed E-state index contributed by atoms with van der Waals surface area (Å²) >= 11 is 0. The fraction of sp³-hybridized carbons (Fsp3) is 0.778. The molecule has 0 aromatic rings. The molecule has 0 aromatic carbocycles. The zero-order valence-corrected chi connectivity index (χ0v) is 12.9. The lowest BCUT2D eigenvalue weighted by Crippen LogP contribution is -1.92. The van der Waals surface area contributed by atoms with Crippen LogP contribution in [0.3, 0.4) is 0 Å². The van der Waals surface area contributed by atoms with Crippen LogP contribution in [0.4, 0.5) is 0 Å². The van der Waals surface area contributed by atoms with Gasteiger partial charge in [0.2, 0.25) is 0 Å². The van der Waals surface area contributed by atoms with Gasteiger partial charge in [0.1, 0.15) is 0 Å². The van der Waals surface area contributed by atoms with Crippen LogP contribution >= 0.6 is 0 Å². The lowest BCUT2D eigenvalue weighted by molar-refractivity contribution is 0.358. The minimum Gasteiger partial charge on any atom is -0.369 e. The van der Waals surface area contributed by atoms with Crippen LogP contribution in [0.1, 0.15) is 78.1 Å². The Morgan fingerprint density at radius 3 is 2.32 bits per heavy atom. The van der Waals surface area contributed by atoms with Gasteiger partial charge in [0, 0.05) is 0 Å². The molecule has 1 aliphatic heterocycles. The summed E-state index contributed by atoms with van der Waals surface area (Å²) in [5, 5.41) is 0. The molecule has 0 amide bonds. The number of hydrogen-bond donors (Lipinski definition) is 0. The smallest absolute Gasteiger partial charge is 0.0876 e. The van der Waals surface area contributed by atoms with Crippen molar-refractivity contribution >= 4 is 0 Å². The summed E-state index contributed by atoms with van der Waals surface area (Å²) in [5.74, 6) is 0. The molecule has 1 nitrogen and oxygen atoms in total. The maximum atomic E-state index is 5.70. The standard InChI is InChI=1S/C18H32O/c1-3-5-7-9-11-13-15-17-18(19-17)16-14-12-10-8-6-4-2/h5,7,11,13,17-18H,3-4,6,8-10,12,14-16H2,1-2H3. The first kappa shape index (κ1) is 16.5. The molecule has 0 N–H and O–H groups in total. The van der Waals surface area contributed by atoms with Crippen molar-refractivity contribution < 1.29 is 4.74 Å². The Labute approximate surface area is 120 Å². The van der Waals surface area contributed by atoms with E-state index in [9.17, 15) is 0 Å². The highest BCUT2D eigenvalue weighted by Gasteiger charge is 2.36. The van der Waals surface area contributed by atoms with Gasteiger partial charge >= 0.3 is 0 Å². The van der Waals surface area contributed by atoms with E-state index in [1.54, 1.807) is 0 Å². The molecule has 0 spiro atoms. The SMILES string of the molecule is CCC=CCC=CCC1OC1CCCCCCCC. The summed E-state index contributed by atoms with van der Waals surface area (Å²) in [6.45, 7) is 4.44. The minimum atomic E-state index is 0.530. The van der Waals surface area contributed by atoms with Crippen LogP contribution in [0.2, 0.25) is 0 Å². The number of unbranched alkanes of at least 4 members (excludes halogenated alkanes) is 5. The number of epoxide rings is 1. The van der Waals surface area contributed by atoms with Gasteiger partial charge in [-0.1, -0.05) is 76.7 Å². The number of rotatable bonds is 12. The number of ether oxygens (including phenoxy) is 1. The van der Waals surface area contributed by atoms with Gasteiger partial charge in [-0.15, -0.1) is 0 Å². The molecule has 1 heterocycles. The zero-order chi connectivity index (χ0) is 13.8. The molecule has 2 unspecified atom stereocenters. The van der Waals surface area contributed by atoms with Crippen molar-refractivity contribution in [1.29, 1.82) is 0 Å². The van der Waals surface area contributed by atoms with Gasteiger partial charge < -0.3 is 4.74 Å². The van der Waals surface area contributed by atoms with Crippen LogP contribution in [0.5, 0.6) is 0 Å². The zero-order valence-electron chi connectivity index (χ0n) is 12.9. The monoisotopic (exact) mass is 264 g/mol. The molecule has 2 atom stereocenters. The molecule has 1 aliphatic rings. The van der Waals surface area contributed by atoms with E-state index in [2.05, 4.69) is 38.2 Å². The third-order valence-electron chi connectivity index (χ3n) is 3.74. The van der Waals surface area contributed by atoms with Crippen molar-refractivity contribution in [2.75, 3.05) is 0 Å². The summed E-state index contributed by atoms with van der Waals surface area (Å²) in [5.41, 5.74) is 0. The molecular weight excluding hydrogens is 232 g/mol. The summed E-state index contributed by atoms with van der Waals surface area (Å²) < 4.78 is 5.70. The van der Waals surface area contributed by atoms with Crippen molar-refractivity contribution in [3.8, 4) is 0 Å². The van der Waals surface area contributed by atoms with Crippen molar-refractivity contribution in [3.05, 3.63) is 24.3 Å². The average Bonchev–Trinajstić information content (AvgIpc) is 3.16. The Kier molecular flexibility index (Phi) is 9.79. The summed E-state index contributed by atoms with van der Waals surface area (Å²) in [6, 6.07) is 0. The Morgan fingerprint density at radius 1 is 0.789 bits per heavy atom. The van der Waals surface area contributed by atoms with E-state index in [0.717, 1.165) is 19.3 Å². The van der Waals surface area contributed by atoms with Crippen LogP contribution in [-0.4, -0.2) is 12.2 Å². The van der Waals surface area contributed by atoms with E-state index in [4.69, 9.17) is 4.74 Å². The molecule has 1 rings (SSSR count). The van der Waals surface area contributed by atoms with E-state index in [1.807, 2.05) is 0 Å². The highest BCUT2D eigenvalue weighted by molar-refractivity contribution is 4.97. The molecule has 0 aromatic heterocycles. The summed E-state index contributed by atoms with van der Waals surface area (Å²) in [7, 11) is 0. The predicted octanol–water partition coefficient (Wildman–Crippen LogP) is 5.81. The first-order chi connectivity index (χ1) is 9.38. The predicted molar refractivity (Wildman–Crippen MR) is 84.5 cm³/mol. The average molecular weight is 264 g/mol. The molecule has 1 heteroatoms. The van der Waals surface area contributed by atoms with E-state index in [-0.39, 0.29) is 0 Å². The maximum absolute atomic E-state index is 5.70. The quantitative estimate of drug-likeness (QED) is 0.246. The Bertz CT molecular complexity index is 254. The van der Waals surface area contributed by atoms with Crippen LogP contribution in [0.25, 0.3) is 0 Å². The van der Waals surface area contributed by atoms with Gasteiger partial charge in [-0.25, -0.2) is 0 Å². The maximum Gasteiger partial charge on any atom is 0.0876 e. The van der Waals surface area contributed by atoms with Gasteiger partial charge in [0.25, 0.3) is 0 Å². The third kappa shape index (κ3) is 9.04. The molecule has 19 heavy (non-hydrogen) atoms. The van der Waals surface area contributed by atoms with Crippen molar-refractivity contribution in [2.45, 2.75) is 90.3 Å². The molecule has 0 radical (unpaired) electrons. The van der Waals surface area contributed by atoms with Crippen LogP contribution in [0.15, 0.2) is 24.3 Å². The molecule has 0 saturated carbocycles. The second kappa shape index (κ2) is 11.3. The Hall–Kier alpha value is -0.560. The lowest BCUT2D eigenvalue weighted by Gasteiger charge is -1.98. The summed E-state index contributed by atoms with van der Waals surface area (Å²) in [6.07, 6.45) is 23.0. The highest BCUT2D eigenvalue weighted by atomic mass is 16.6. The van der Waals surface area contributed by atoms with Crippen LogP contribution in [0, 0.1) is 0 Å². The van der Waals surface area contributed by atoms with E-state index < -0.39 is 0 Å². The Morgan fingerprint density at radius 2 is 1.53 bits per heavy atom. The van der Waals surface area contributed by atoms with Gasteiger partial charge in [0.05, 0.1) is 12.2 Å². The lowest BCUT2D eigenvalue weighted by atomic mass is 10.1. The minimum absolute atomic E-state index is 0.530. The Balaban J connectivity index is 1.87. The molecule has 0 bridgehead atoms. The largest absolute Gasteiger partial charge is 0.369 e. The normalized spacial score (nSPS) is 22.6. The fourth-order valence-corrected chi connectivity index (χ4v) is 2.43. The second-order valence-electron chi connectivity index (χ2n) is 5.59. The topological polar surface area (TPSA) is 12.5 Å². The van der Waals surface area contributed by atoms with Crippen molar-refractivity contribution in [3.63, 3.8) is 0 Å². The van der Waals surface area contributed by atoms with Crippen LogP contribution < -0.4 is 0 Å². The van der Waals surface area contributed by atoms with E-state index >= 15 is 0 Å². The molecular formula is C18H32O. The van der Waals surface area contributed by atoms with Crippen molar-refractivity contribution in [2.24, 2.45) is 0 Å². The van der Waals surface area contributed by atoms with Crippen molar-refractivity contribution in [1.82, 2.24) is 0 Å². The number of hydrogen-bond acceptors (Lipinski definition) is 1. The summed E-state index contributed by atoms with van der Waals surface area (Å²) in [4.78, 5) is 0. The molecule has 1 fully saturated rings. The van der Waals surface area contributed by atoms with E-state index in [1.165, 1.54) is 44.9 Å². The molecule has 110 valence electrons. The van der Waals surface area contributed by atoms with E-state index in [0.29, 0.717) is 12.2 Å². The first-order valence-electron chi connectivity index (χ1n) is 8.34. The first-order valence-corrected chi connectivity index (χ1v) is 8.34. The fourth-order valence-electron chi connectivity index (χ4n) is 2.43. The van der Waals surface area contributed by atoms with Gasteiger partial charge in [0.15, 0.2) is 0 Å². The molecule has 0 aliphatic carbocycles. The molecule has 1 saturated heterocycles. The van der Waals surface area contributed by atoms with Gasteiger partial charge in [-0.3, -0.25) is 0 Å². The number of allylic oxidation sites excluding steroid dienone is 3. The van der Waals surface area contributed by atoms with Crippen LogP contribution in [-0.2, 0) is 4.74 Å². The van der Waals surface area contributed by atoms with Gasteiger partial charge in [-0.2, -0.15) is 0 Å². The van der Waals surface area contributed by atoms with Gasteiger partial charge in [-0.05, 0) is 25.7 Å².